The summed E-state index contributed by atoms with van der Waals surface area (Å²) in [6, 6.07) is 5.93. The van der Waals surface area contributed by atoms with Gasteiger partial charge in [-0.25, -0.2) is 8.42 Å². The maximum atomic E-state index is 12.8. The van der Waals surface area contributed by atoms with Crippen molar-refractivity contribution in [1.29, 1.82) is 0 Å². The fourth-order valence-electron chi connectivity index (χ4n) is 2.98. The summed E-state index contributed by atoms with van der Waals surface area (Å²) in [5.41, 5.74) is 1.91. The molecule has 0 saturated carbocycles. The number of nitrogens with one attached hydrogen (secondary N) is 1. The maximum Gasteiger partial charge on any atom is 0.243 e. The van der Waals surface area contributed by atoms with E-state index in [0.29, 0.717) is 29.9 Å². The third-order valence-electron chi connectivity index (χ3n) is 4.19. The first-order valence-electron chi connectivity index (χ1n) is 7.11. The van der Waals surface area contributed by atoms with Crippen LogP contribution in [-0.4, -0.2) is 38.9 Å². The van der Waals surface area contributed by atoms with Gasteiger partial charge in [0.25, 0.3) is 0 Å². The van der Waals surface area contributed by atoms with Crippen molar-refractivity contribution in [3.8, 4) is 0 Å². The number of rotatable bonds is 3. The zero-order valence-corrected chi connectivity index (χ0v) is 13.5. The van der Waals surface area contributed by atoms with Gasteiger partial charge in [0.15, 0.2) is 0 Å². The van der Waals surface area contributed by atoms with Crippen LogP contribution in [0.2, 0.25) is 0 Å². The Hall–Kier alpha value is -0.910. The van der Waals surface area contributed by atoms with Crippen LogP contribution < -0.4 is 5.32 Å². The van der Waals surface area contributed by atoms with Crippen molar-refractivity contribution in [3.05, 3.63) is 29.3 Å². The number of piperidine rings is 1. The molecule has 5 heteroatoms. The Bertz CT molecular complexity index is 584. The lowest BCUT2D eigenvalue weighted by Crippen LogP contribution is -2.49. The van der Waals surface area contributed by atoms with E-state index < -0.39 is 10.0 Å². The van der Waals surface area contributed by atoms with Crippen molar-refractivity contribution in [2.75, 3.05) is 20.1 Å². The van der Waals surface area contributed by atoms with Crippen LogP contribution in [0.15, 0.2) is 23.1 Å². The van der Waals surface area contributed by atoms with Gasteiger partial charge in [-0.3, -0.25) is 0 Å². The Morgan fingerprint density at radius 1 is 1.30 bits per heavy atom. The van der Waals surface area contributed by atoms with Gasteiger partial charge >= 0.3 is 0 Å². The van der Waals surface area contributed by atoms with E-state index in [1.807, 2.05) is 33.0 Å². The van der Waals surface area contributed by atoms with E-state index in [0.717, 1.165) is 17.5 Å². The Balaban J connectivity index is 2.27. The zero-order valence-electron chi connectivity index (χ0n) is 12.7. The van der Waals surface area contributed by atoms with E-state index in [9.17, 15) is 8.42 Å². The lowest BCUT2D eigenvalue weighted by molar-refractivity contribution is 0.228. The fraction of sp³-hybridized carbons (Fsp3) is 0.600. The molecule has 1 N–H and O–H groups in total. The molecule has 0 bridgehead atoms. The number of hydrogen-bond acceptors (Lipinski definition) is 3. The van der Waals surface area contributed by atoms with Gasteiger partial charge in [0, 0.05) is 19.1 Å². The lowest BCUT2D eigenvalue weighted by Gasteiger charge is -2.36. The average Bonchev–Trinajstić information content (AvgIpc) is 2.38. The summed E-state index contributed by atoms with van der Waals surface area (Å²) in [6.45, 7) is 7.12. The van der Waals surface area contributed by atoms with E-state index in [2.05, 4.69) is 12.2 Å². The summed E-state index contributed by atoms with van der Waals surface area (Å²) in [7, 11) is -1.43. The standard InChI is InChI=1S/C15H24N2O2S/c1-11-5-6-15(12(2)9-11)20(18,19)17-8-7-14(16-4)13(3)10-17/h5-6,9,13-14,16H,7-8,10H2,1-4H3. The summed E-state index contributed by atoms with van der Waals surface area (Å²) in [5, 5.41) is 3.26. The van der Waals surface area contributed by atoms with Crippen LogP contribution in [0.5, 0.6) is 0 Å². The molecule has 2 rings (SSSR count). The molecule has 1 aliphatic heterocycles. The molecule has 20 heavy (non-hydrogen) atoms. The average molecular weight is 296 g/mol. The molecule has 2 atom stereocenters. The molecule has 0 aromatic heterocycles. The third kappa shape index (κ3) is 2.90. The molecule has 1 heterocycles. The van der Waals surface area contributed by atoms with Crippen LogP contribution in [0.4, 0.5) is 0 Å². The SMILES string of the molecule is CNC1CCN(S(=O)(=O)c2ccc(C)cc2C)CC1C. The fourth-order valence-corrected chi connectivity index (χ4v) is 4.74. The first kappa shape index (κ1) is 15.5. The summed E-state index contributed by atoms with van der Waals surface area (Å²) in [4.78, 5) is 0.443. The van der Waals surface area contributed by atoms with Crippen molar-refractivity contribution in [2.24, 2.45) is 5.92 Å². The largest absolute Gasteiger partial charge is 0.317 e. The minimum absolute atomic E-state index is 0.328. The normalized spacial score (nSPS) is 24.8. The minimum atomic E-state index is -3.37. The molecule has 2 unspecified atom stereocenters. The predicted octanol–water partition coefficient (Wildman–Crippen LogP) is 1.92. The van der Waals surface area contributed by atoms with Crippen molar-refractivity contribution < 1.29 is 8.42 Å². The van der Waals surface area contributed by atoms with E-state index >= 15 is 0 Å². The van der Waals surface area contributed by atoms with Crippen LogP contribution in [-0.2, 0) is 10.0 Å². The van der Waals surface area contributed by atoms with Crippen LogP contribution in [0, 0.1) is 19.8 Å². The zero-order chi connectivity index (χ0) is 14.9. The molecule has 1 aliphatic rings. The van der Waals surface area contributed by atoms with Gasteiger partial charge in [-0.15, -0.1) is 0 Å². The molecule has 1 aromatic carbocycles. The second-order valence-electron chi connectivity index (χ2n) is 5.79. The lowest BCUT2D eigenvalue weighted by atomic mass is 9.96. The summed E-state index contributed by atoms with van der Waals surface area (Å²) in [5.74, 6) is 0.328. The monoisotopic (exact) mass is 296 g/mol. The Kier molecular flexibility index (Phi) is 4.52. The quantitative estimate of drug-likeness (QED) is 0.927. The molecule has 1 saturated heterocycles. The highest BCUT2D eigenvalue weighted by Crippen LogP contribution is 2.26. The number of hydrogen-bond donors (Lipinski definition) is 1. The van der Waals surface area contributed by atoms with Crippen molar-refractivity contribution >= 4 is 10.0 Å². The molecule has 0 radical (unpaired) electrons. The van der Waals surface area contributed by atoms with Gasteiger partial charge in [-0.2, -0.15) is 4.31 Å². The van der Waals surface area contributed by atoms with Crippen LogP contribution in [0.25, 0.3) is 0 Å². The molecule has 0 amide bonds. The minimum Gasteiger partial charge on any atom is -0.317 e. The van der Waals surface area contributed by atoms with Gasteiger partial charge in [0.05, 0.1) is 4.90 Å². The smallest absolute Gasteiger partial charge is 0.243 e. The van der Waals surface area contributed by atoms with Crippen molar-refractivity contribution in [2.45, 2.75) is 38.1 Å². The first-order valence-corrected chi connectivity index (χ1v) is 8.55. The van der Waals surface area contributed by atoms with Crippen LogP contribution >= 0.6 is 0 Å². The van der Waals surface area contributed by atoms with E-state index in [1.165, 1.54) is 0 Å². The molecule has 112 valence electrons. The summed E-state index contributed by atoms with van der Waals surface area (Å²) < 4.78 is 27.2. The summed E-state index contributed by atoms with van der Waals surface area (Å²) >= 11 is 0. The van der Waals surface area contributed by atoms with E-state index in [-0.39, 0.29) is 0 Å². The van der Waals surface area contributed by atoms with Gasteiger partial charge in [0.2, 0.25) is 10.0 Å². The van der Waals surface area contributed by atoms with Gasteiger partial charge in [-0.05, 0) is 44.9 Å². The molecular formula is C15H24N2O2S. The van der Waals surface area contributed by atoms with Crippen molar-refractivity contribution in [1.82, 2.24) is 9.62 Å². The third-order valence-corrected chi connectivity index (χ3v) is 6.21. The molecule has 1 fully saturated rings. The second-order valence-corrected chi connectivity index (χ2v) is 7.70. The topological polar surface area (TPSA) is 49.4 Å². The molecule has 0 spiro atoms. The first-order chi connectivity index (χ1) is 9.36. The highest BCUT2D eigenvalue weighted by Gasteiger charge is 2.33. The Labute approximate surface area is 122 Å². The van der Waals surface area contributed by atoms with Gasteiger partial charge in [-0.1, -0.05) is 24.6 Å². The number of aryl methyl sites for hydroxylation is 2. The highest BCUT2D eigenvalue weighted by atomic mass is 32.2. The highest BCUT2D eigenvalue weighted by molar-refractivity contribution is 7.89. The molecule has 4 nitrogen and oxygen atoms in total. The van der Waals surface area contributed by atoms with Gasteiger partial charge in [0.1, 0.15) is 0 Å². The van der Waals surface area contributed by atoms with Gasteiger partial charge < -0.3 is 5.32 Å². The van der Waals surface area contributed by atoms with E-state index in [4.69, 9.17) is 0 Å². The summed E-state index contributed by atoms with van der Waals surface area (Å²) in [6.07, 6.45) is 0.863. The number of nitrogens with zero attached hydrogens (tertiary/aromatic N) is 1. The molecule has 1 aromatic rings. The van der Waals surface area contributed by atoms with Crippen molar-refractivity contribution in [3.63, 3.8) is 0 Å². The Morgan fingerprint density at radius 2 is 2.00 bits per heavy atom. The molecule has 0 aliphatic carbocycles. The Morgan fingerprint density at radius 3 is 2.55 bits per heavy atom. The van der Waals surface area contributed by atoms with Crippen LogP contribution in [0.3, 0.4) is 0 Å². The maximum absolute atomic E-state index is 12.8. The van der Waals surface area contributed by atoms with E-state index in [1.54, 1.807) is 10.4 Å². The van der Waals surface area contributed by atoms with Crippen LogP contribution in [0.1, 0.15) is 24.5 Å². The second kappa shape index (κ2) is 5.84. The number of sulfonamides is 1. The predicted molar refractivity (Wildman–Crippen MR) is 81.3 cm³/mol. The number of benzene rings is 1. The molecular weight excluding hydrogens is 272 g/mol.